The van der Waals surface area contributed by atoms with Gasteiger partial charge in [0.15, 0.2) is 5.82 Å². The molecule has 0 spiro atoms. The quantitative estimate of drug-likeness (QED) is 0.0186. The van der Waals surface area contributed by atoms with E-state index in [1.807, 2.05) is 159 Å². The van der Waals surface area contributed by atoms with E-state index in [2.05, 4.69) is 119 Å². The number of benzene rings is 6. The standard InChI is InChI=1S/C19H21N5O3.C18H19N5O3.C18H19N5O2.2C17H17N5O2.C16H14FN5O/c1-27-18-4-2-3-15(11-18)13-23(9-10-25)19(26)22-16-12-21-24(14-16)17-5-7-20-8-6-17;1-26-16-4-2-3-13(9-16)17(12-24)22-18(25)21-14-10-20-23(11-14)15-5-7-19-8-6-15;1-13(14-4-3-5-17(10-14)25-2)21-18(24)22-15-11-20-23(12-15)16-6-8-19-9-7-16;1-24-15-4-2-3-13(11-15)12-19-17(23)20-16-7-10-22(21-16)14-5-8-18-9-6-14;1-24-16-4-2-3-13(9-16)10-19-17(23)21-14-11-20-22(12-14)15-5-7-18-8-6-15;17-13-3-1-2-12(8-13)9-19-16(23)21-14-10-20-22(11-14)15-4-6-18-7-5-15/h2-8,11-12,14,25H,9-10,13H2,1H3,(H,22,26);2-11,17,24H,12H2,1H3,(H2,21,22,25);3-13H,1-2H3,(H2,21,22,24);2-11H,12H2,1H3,(H2,19,20,21,23);2-9,11-12H,10H2,1H3,(H2,19,21,23);1-8,10-11H,9H2,(H2,19,21,23). The third-order valence-electron chi connectivity index (χ3n) is 21.2. The van der Waals surface area contributed by atoms with Crippen LogP contribution in [-0.4, -0.2) is 195 Å². The smallest absolute Gasteiger partial charge is 0.322 e. The number of aliphatic hydroxyl groups is 2. The van der Waals surface area contributed by atoms with Gasteiger partial charge < -0.3 is 92.0 Å². The number of aliphatic hydroxyl groups excluding tert-OH is 2. The summed E-state index contributed by atoms with van der Waals surface area (Å²) in [5.74, 6) is 3.78. The number of anilines is 6. The summed E-state index contributed by atoms with van der Waals surface area (Å²) in [7, 11) is 7.99. The van der Waals surface area contributed by atoms with Gasteiger partial charge in [-0.3, -0.25) is 35.2 Å². The number of ether oxygens (including phenoxy) is 5. The van der Waals surface area contributed by atoms with Crippen LogP contribution in [0, 0.1) is 5.82 Å². The summed E-state index contributed by atoms with van der Waals surface area (Å²) in [5, 5.41) is 74.5. The van der Waals surface area contributed by atoms with E-state index in [1.54, 1.807) is 267 Å². The predicted molar refractivity (Wildman–Crippen MR) is 556 cm³/mol. The highest BCUT2D eigenvalue weighted by molar-refractivity contribution is 5.92. The Morgan fingerprint density at radius 1 is 0.342 bits per heavy atom. The average Bonchev–Trinajstić information content (AvgIpc) is 1.74. The number of methoxy groups -OCH3 is 5. The molecule has 12 heterocycles. The van der Waals surface area contributed by atoms with Gasteiger partial charge >= 0.3 is 36.2 Å². The maximum absolute atomic E-state index is 13.1. The SMILES string of the molecule is COc1cccc(C(C)NC(=O)Nc2cnn(-c3ccncc3)c2)c1.COc1cccc(C(CO)NC(=O)Nc2cnn(-c3ccncc3)c2)c1.COc1cccc(CN(CCO)C(=O)Nc2cnn(-c3ccncc3)c2)c1.COc1cccc(CNC(=O)Nc2ccn(-c3ccncc3)n2)c1.COc1cccc(CNC(=O)Nc2cnn(-c3ccncc3)c2)c1.O=C(NCc1cccc(F)c1)Nc1cnn(-c2ccncc2)c1. The molecule has 0 saturated carbocycles. The molecule has 0 aliphatic rings. The monoisotopic (exact) mass is 2010 g/mol. The molecule has 18 rings (SSSR count). The first kappa shape index (κ1) is 106. The van der Waals surface area contributed by atoms with E-state index in [0.717, 1.165) is 84.9 Å². The highest BCUT2D eigenvalue weighted by Crippen LogP contribution is 2.26. The minimum absolute atomic E-state index is 0.131. The van der Waals surface area contributed by atoms with E-state index < -0.39 is 12.1 Å². The van der Waals surface area contributed by atoms with Gasteiger partial charge in [0.05, 0.1) is 185 Å². The lowest BCUT2D eigenvalue weighted by atomic mass is 10.1. The predicted octanol–water partition coefficient (Wildman–Crippen LogP) is 15.5. The molecule has 13 N–H and O–H groups in total. The zero-order valence-electron chi connectivity index (χ0n) is 81.5. The molecule has 0 radical (unpaired) electrons. The molecule has 44 heteroatoms. The van der Waals surface area contributed by atoms with Crippen molar-refractivity contribution in [1.29, 1.82) is 0 Å². The topological polar surface area (TPSA) is 509 Å². The van der Waals surface area contributed by atoms with E-state index in [0.29, 0.717) is 65.2 Å². The minimum atomic E-state index is -0.555. The van der Waals surface area contributed by atoms with Gasteiger partial charge in [-0.05, 0) is 186 Å². The summed E-state index contributed by atoms with van der Waals surface area (Å²) in [4.78, 5) is 98.2. The van der Waals surface area contributed by atoms with Crippen molar-refractivity contribution in [3.8, 4) is 62.9 Å². The van der Waals surface area contributed by atoms with Crippen LogP contribution in [0.4, 0.5) is 67.4 Å². The van der Waals surface area contributed by atoms with Crippen LogP contribution in [0.15, 0.2) is 367 Å². The van der Waals surface area contributed by atoms with Gasteiger partial charge in [-0.15, -0.1) is 5.10 Å². The van der Waals surface area contributed by atoms with Crippen LogP contribution in [0.2, 0.25) is 0 Å². The Morgan fingerprint density at radius 2 is 0.651 bits per heavy atom. The van der Waals surface area contributed by atoms with Crippen molar-refractivity contribution in [2.45, 2.75) is 45.2 Å². The van der Waals surface area contributed by atoms with Crippen LogP contribution in [-0.2, 0) is 26.2 Å². The number of pyridine rings is 6. The largest absolute Gasteiger partial charge is 0.497 e. The molecule has 0 bridgehead atoms. The van der Waals surface area contributed by atoms with Crippen molar-refractivity contribution in [3.63, 3.8) is 0 Å². The van der Waals surface area contributed by atoms with Crippen molar-refractivity contribution in [3.05, 3.63) is 406 Å². The molecule has 0 saturated heterocycles. The molecular weight excluding hydrogens is 1910 g/mol. The van der Waals surface area contributed by atoms with Crippen molar-refractivity contribution in [2.24, 2.45) is 0 Å². The van der Waals surface area contributed by atoms with Crippen molar-refractivity contribution < 1.29 is 67.1 Å². The Morgan fingerprint density at radius 3 is 1.02 bits per heavy atom. The summed E-state index contributed by atoms with van der Waals surface area (Å²) < 4.78 is 48.9. The minimum Gasteiger partial charge on any atom is -0.497 e. The van der Waals surface area contributed by atoms with Crippen LogP contribution >= 0.6 is 0 Å². The number of urea groups is 6. The molecule has 2 atom stereocenters. The fourth-order valence-electron chi connectivity index (χ4n) is 13.8. The number of carbonyl (C=O) groups excluding carboxylic acids is 6. The number of rotatable bonds is 32. The molecule has 149 heavy (non-hydrogen) atoms. The molecule has 2 unspecified atom stereocenters. The molecule has 0 aliphatic heterocycles. The lowest BCUT2D eigenvalue weighted by Crippen LogP contribution is -2.36. The summed E-state index contributed by atoms with van der Waals surface area (Å²) in [6.07, 6.45) is 38.3. The molecule has 6 aromatic carbocycles. The Balaban J connectivity index is 0.000000149. The number of halogens is 1. The molecule has 762 valence electrons. The first-order chi connectivity index (χ1) is 72.7. The van der Waals surface area contributed by atoms with Gasteiger partial charge in [0.25, 0.3) is 0 Å². The fourth-order valence-corrected chi connectivity index (χ4v) is 13.8. The van der Waals surface area contributed by atoms with E-state index in [-0.39, 0.29) is 68.3 Å². The summed E-state index contributed by atoms with van der Waals surface area (Å²) in [6.45, 7) is 3.14. The molecule has 12 aromatic heterocycles. The number of hydrogen-bond acceptors (Lipinski definition) is 25. The number of carbonyl (C=O) groups is 6. The van der Waals surface area contributed by atoms with Crippen molar-refractivity contribution in [1.82, 2.24) is 120 Å². The molecule has 43 nitrogen and oxygen atoms in total. The number of nitrogens with zero attached hydrogens (tertiary/aromatic N) is 19. The average molecular weight is 2020 g/mol. The highest BCUT2D eigenvalue weighted by Gasteiger charge is 2.20. The van der Waals surface area contributed by atoms with Gasteiger partial charge in [0.1, 0.15) is 34.6 Å². The van der Waals surface area contributed by atoms with E-state index >= 15 is 0 Å². The first-order valence-electron chi connectivity index (χ1n) is 45.9. The molecule has 0 aliphatic carbocycles. The molecule has 12 amide bonds. The van der Waals surface area contributed by atoms with Crippen LogP contribution < -0.4 is 82.2 Å². The number of hydrogen-bond donors (Lipinski definition) is 13. The fraction of sp³-hybridized carbons (Fsp3) is 0.143. The van der Waals surface area contributed by atoms with E-state index in [9.17, 15) is 43.4 Å². The van der Waals surface area contributed by atoms with Gasteiger partial charge in [-0.25, -0.2) is 61.2 Å². The second-order valence-electron chi connectivity index (χ2n) is 31.6. The second kappa shape index (κ2) is 56.0. The van der Waals surface area contributed by atoms with E-state index in [1.165, 1.54) is 17.0 Å². The van der Waals surface area contributed by atoms with Gasteiger partial charge in [-0.1, -0.05) is 72.8 Å². The third kappa shape index (κ3) is 34.1. The Bertz CT molecular complexity index is 7100. The maximum atomic E-state index is 13.1. The van der Waals surface area contributed by atoms with Crippen LogP contribution in [0.25, 0.3) is 34.1 Å². The van der Waals surface area contributed by atoms with E-state index in [4.69, 9.17) is 23.7 Å². The lowest BCUT2D eigenvalue weighted by Gasteiger charge is -2.22. The number of amides is 12. The lowest BCUT2D eigenvalue weighted by molar-refractivity contribution is 0.185. The second-order valence-corrected chi connectivity index (χ2v) is 31.6. The van der Waals surface area contributed by atoms with Crippen molar-refractivity contribution in [2.75, 3.05) is 87.2 Å². The Hall–Kier alpha value is -20.0. The number of aromatic nitrogens is 18. The highest BCUT2D eigenvalue weighted by atomic mass is 19.1. The number of nitrogens with one attached hydrogen (secondary N) is 11. The van der Waals surface area contributed by atoms with Crippen LogP contribution in [0.1, 0.15) is 52.4 Å². The molecule has 0 fully saturated rings. The summed E-state index contributed by atoms with van der Waals surface area (Å²) >= 11 is 0. The van der Waals surface area contributed by atoms with Gasteiger partial charge in [0.2, 0.25) is 0 Å². The first-order valence-corrected chi connectivity index (χ1v) is 45.9. The zero-order valence-corrected chi connectivity index (χ0v) is 81.5. The Labute approximate surface area is 854 Å². The Kier molecular flexibility index (Phi) is 39.9. The van der Waals surface area contributed by atoms with Crippen molar-refractivity contribution >= 4 is 70.4 Å². The summed E-state index contributed by atoms with van der Waals surface area (Å²) in [5.41, 5.74) is 13.2. The normalized spacial score (nSPS) is 10.7. The maximum Gasteiger partial charge on any atom is 0.322 e. The third-order valence-corrected chi connectivity index (χ3v) is 21.2. The zero-order chi connectivity index (χ0) is 105. The van der Waals surface area contributed by atoms with Crippen LogP contribution in [0.5, 0.6) is 28.7 Å². The molecular formula is C105H107FN30O13. The van der Waals surface area contributed by atoms with Crippen LogP contribution in [0.3, 0.4) is 0 Å². The summed E-state index contributed by atoms with van der Waals surface area (Å²) in [6, 6.07) is 64.2. The van der Waals surface area contributed by atoms with Gasteiger partial charge in [0, 0.05) is 119 Å². The molecule has 18 aromatic rings. The van der Waals surface area contributed by atoms with Gasteiger partial charge in [-0.2, -0.15) is 25.5 Å².